The monoisotopic (exact) mass is 538 g/mol. The Balaban J connectivity index is 2.25. The van der Waals surface area contributed by atoms with Crippen molar-refractivity contribution in [3.8, 4) is 0 Å². The first-order chi connectivity index (χ1) is 13.3. The number of halogens is 4. The van der Waals surface area contributed by atoms with Crippen LogP contribution in [0, 0.1) is 10.1 Å². The molecule has 0 bridgehead atoms. The van der Waals surface area contributed by atoms with Crippen molar-refractivity contribution in [1.29, 1.82) is 0 Å². The van der Waals surface area contributed by atoms with Gasteiger partial charge in [-0.3, -0.25) is 4.79 Å². The number of amides is 1. The van der Waals surface area contributed by atoms with E-state index in [2.05, 4.69) is 10.2 Å². The van der Waals surface area contributed by atoms with Crippen molar-refractivity contribution in [3.05, 3.63) is 63.0 Å². The van der Waals surface area contributed by atoms with E-state index in [9.17, 15) is 31.5 Å². The first kappa shape index (κ1) is 23.1. The summed E-state index contributed by atoms with van der Waals surface area (Å²) in [7, 11) is -4.05. The van der Waals surface area contributed by atoms with E-state index in [0.717, 1.165) is 22.6 Å². The molecule has 11 heteroatoms. The van der Waals surface area contributed by atoms with Crippen LogP contribution in [0.25, 0.3) is 4.85 Å². The number of hydrogen-bond donors (Lipinski definition) is 2. The van der Waals surface area contributed by atoms with Gasteiger partial charge in [-0.15, -0.1) is 0 Å². The van der Waals surface area contributed by atoms with E-state index in [0.29, 0.717) is 6.07 Å². The number of carbonyl (C=O) groups is 1. The van der Waals surface area contributed by atoms with Crippen LogP contribution >= 0.6 is 22.6 Å². The largest absolute Gasteiger partial charge is 0.407 e. The molecule has 0 saturated carbocycles. The van der Waals surface area contributed by atoms with Gasteiger partial charge in [0.15, 0.2) is 21.1 Å². The third kappa shape index (κ3) is 5.68. The fraction of sp³-hybridized carbons (Fsp3) is 0.222. The van der Waals surface area contributed by atoms with Gasteiger partial charge in [0.25, 0.3) is 5.91 Å². The molecule has 0 heterocycles. The molecule has 2 rings (SSSR count). The van der Waals surface area contributed by atoms with E-state index in [-0.39, 0.29) is 10.6 Å². The Morgan fingerprint density at radius 3 is 2.31 bits per heavy atom. The summed E-state index contributed by atoms with van der Waals surface area (Å²) in [6.07, 6.45) is -4.82. The van der Waals surface area contributed by atoms with E-state index in [1.807, 2.05) is 22.6 Å². The number of benzene rings is 2. The molecule has 2 aromatic carbocycles. The van der Waals surface area contributed by atoms with Crippen molar-refractivity contribution in [1.82, 2.24) is 0 Å². The molecule has 1 unspecified atom stereocenters. The lowest BCUT2D eigenvalue weighted by atomic mass is 10.1. The molecule has 2 N–H and O–H groups in total. The van der Waals surface area contributed by atoms with Crippen LogP contribution in [0.1, 0.15) is 12.5 Å². The lowest BCUT2D eigenvalue weighted by Crippen LogP contribution is -2.45. The van der Waals surface area contributed by atoms with Crippen molar-refractivity contribution in [2.45, 2.75) is 23.6 Å². The molecule has 0 radical (unpaired) electrons. The Bertz CT molecular complexity index is 1080. The third-order valence-corrected chi connectivity index (χ3v) is 6.46. The molecule has 0 saturated heterocycles. The molecule has 0 aliphatic carbocycles. The minimum absolute atomic E-state index is 0.105. The highest BCUT2D eigenvalue weighted by molar-refractivity contribution is 14.1. The molecule has 1 atom stereocenters. The zero-order chi connectivity index (χ0) is 22.0. The summed E-state index contributed by atoms with van der Waals surface area (Å²) in [5, 5.41) is 12.4. The van der Waals surface area contributed by atoms with E-state index < -0.39 is 44.5 Å². The van der Waals surface area contributed by atoms with E-state index in [1.54, 1.807) is 12.1 Å². The second kappa shape index (κ2) is 8.29. The first-order valence-corrected chi connectivity index (χ1v) is 10.6. The molecule has 154 valence electrons. The molecule has 2 aromatic rings. The minimum Gasteiger partial charge on any atom is -0.379 e. The standard InChI is InChI=1S/C18H14F3IN2O4S/c1-17(26,10-29(27,28)13-6-3-11(22)4-7-13)16(25)24-12-5-8-15(23-2)14(9-12)18(19,20)21/h3-9,26H,10H2,1H3,(H,24,25). The van der Waals surface area contributed by atoms with Crippen molar-refractivity contribution in [2.75, 3.05) is 11.1 Å². The fourth-order valence-corrected chi connectivity index (χ4v) is 4.31. The maximum Gasteiger partial charge on any atom is 0.407 e. The second-order valence-electron chi connectivity index (χ2n) is 6.28. The van der Waals surface area contributed by atoms with Crippen LogP contribution < -0.4 is 5.32 Å². The van der Waals surface area contributed by atoms with Crippen LogP contribution in [0.15, 0.2) is 47.4 Å². The average Bonchev–Trinajstić information content (AvgIpc) is 2.60. The third-order valence-electron chi connectivity index (χ3n) is 3.81. The minimum atomic E-state index is -4.82. The molecular formula is C18H14F3IN2O4S. The summed E-state index contributed by atoms with van der Waals surface area (Å²) in [6, 6.07) is 8.22. The summed E-state index contributed by atoms with van der Waals surface area (Å²) in [5.41, 5.74) is -4.65. The molecule has 29 heavy (non-hydrogen) atoms. The quantitative estimate of drug-likeness (QED) is 0.445. The smallest absolute Gasteiger partial charge is 0.379 e. The van der Waals surface area contributed by atoms with Crippen LogP contribution in [-0.4, -0.2) is 30.8 Å². The van der Waals surface area contributed by atoms with Crippen LogP contribution in [-0.2, 0) is 20.8 Å². The van der Waals surface area contributed by atoms with E-state index >= 15 is 0 Å². The number of carbonyl (C=O) groups excluding carboxylic acids is 1. The number of aliphatic hydroxyl groups is 1. The Hall–Kier alpha value is -2.17. The zero-order valence-electron chi connectivity index (χ0n) is 14.8. The van der Waals surface area contributed by atoms with Crippen LogP contribution in [0.4, 0.5) is 24.5 Å². The van der Waals surface area contributed by atoms with Gasteiger partial charge < -0.3 is 10.4 Å². The van der Waals surface area contributed by atoms with Gasteiger partial charge in [-0.05, 0) is 65.9 Å². The fourth-order valence-electron chi connectivity index (χ4n) is 2.36. The molecule has 0 aliphatic rings. The molecule has 6 nitrogen and oxygen atoms in total. The number of hydrogen-bond acceptors (Lipinski definition) is 4. The highest BCUT2D eigenvalue weighted by atomic mass is 127. The first-order valence-electron chi connectivity index (χ1n) is 7.87. The summed E-state index contributed by atoms with van der Waals surface area (Å²) in [4.78, 5) is 15.0. The lowest BCUT2D eigenvalue weighted by molar-refractivity contribution is -0.137. The number of sulfone groups is 1. The summed E-state index contributed by atoms with van der Waals surface area (Å²) < 4.78 is 64.8. The predicted octanol–water partition coefficient (Wildman–Crippen LogP) is 4.02. The lowest BCUT2D eigenvalue weighted by Gasteiger charge is -2.22. The maximum atomic E-state index is 13.0. The van der Waals surface area contributed by atoms with Gasteiger partial charge in [-0.1, -0.05) is 6.07 Å². The van der Waals surface area contributed by atoms with Crippen molar-refractivity contribution in [3.63, 3.8) is 0 Å². The average molecular weight is 538 g/mol. The molecule has 0 spiro atoms. The zero-order valence-corrected chi connectivity index (χ0v) is 17.8. The Kier molecular flexibility index (Phi) is 6.61. The van der Waals surface area contributed by atoms with Gasteiger partial charge in [-0.25, -0.2) is 13.3 Å². The number of rotatable bonds is 5. The predicted molar refractivity (Wildman–Crippen MR) is 108 cm³/mol. The van der Waals surface area contributed by atoms with Gasteiger partial charge in [0, 0.05) is 9.26 Å². The second-order valence-corrected chi connectivity index (χ2v) is 9.52. The van der Waals surface area contributed by atoms with Gasteiger partial charge >= 0.3 is 6.18 Å². The highest BCUT2D eigenvalue weighted by Crippen LogP contribution is 2.38. The summed E-state index contributed by atoms with van der Waals surface area (Å²) in [6.45, 7) is 7.75. The van der Waals surface area contributed by atoms with Gasteiger partial charge in [0.05, 0.1) is 22.8 Å². The van der Waals surface area contributed by atoms with Gasteiger partial charge in [0.1, 0.15) is 0 Å². The van der Waals surface area contributed by atoms with Crippen LogP contribution in [0.3, 0.4) is 0 Å². The highest BCUT2D eigenvalue weighted by Gasteiger charge is 2.38. The normalized spacial score (nSPS) is 14.0. The Morgan fingerprint density at radius 1 is 1.21 bits per heavy atom. The maximum absolute atomic E-state index is 13.0. The number of alkyl halides is 3. The summed E-state index contributed by atoms with van der Waals surface area (Å²) in [5.74, 6) is -2.17. The van der Waals surface area contributed by atoms with E-state index in [1.165, 1.54) is 12.1 Å². The molecule has 0 aromatic heterocycles. The summed E-state index contributed by atoms with van der Waals surface area (Å²) >= 11 is 1.98. The number of anilines is 1. The number of nitrogens with one attached hydrogen (secondary N) is 1. The molecule has 0 aliphatic heterocycles. The van der Waals surface area contributed by atoms with Crippen LogP contribution in [0.2, 0.25) is 0 Å². The van der Waals surface area contributed by atoms with Crippen molar-refractivity contribution >= 4 is 49.7 Å². The van der Waals surface area contributed by atoms with Crippen molar-refractivity contribution < 1.29 is 31.5 Å². The molecule has 0 fully saturated rings. The van der Waals surface area contributed by atoms with Crippen LogP contribution in [0.5, 0.6) is 0 Å². The van der Waals surface area contributed by atoms with E-state index in [4.69, 9.17) is 6.57 Å². The number of nitrogens with zero attached hydrogens (tertiary/aromatic N) is 1. The van der Waals surface area contributed by atoms with Gasteiger partial charge in [-0.2, -0.15) is 13.2 Å². The Labute approximate surface area is 178 Å². The topological polar surface area (TPSA) is 87.8 Å². The van der Waals surface area contributed by atoms with Crippen molar-refractivity contribution in [2.24, 2.45) is 0 Å². The molecular weight excluding hydrogens is 524 g/mol. The van der Waals surface area contributed by atoms with Gasteiger partial charge in [0.2, 0.25) is 0 Å². The molecule has 1 amide bonds. The Morgan fingerprint density at radius 2 is 1.79 bits per heavy atom. The SMILES string of the molecule is [C-]#[N+]c1ccc(NC(=O)C(C)(O)CS(=O)(=O)c2ccc(I)cc2)cc1C(F)(F)F.